The van der Waals surface area contributed by atoms with Gasteiger partial charge in [-0.3, -0.25) is 9.48 Å². The van der Waals surface area contributed by atoms with E-state index in [0.717, 1.165) is 5.69 Å². The van der Waals surface area contributed by atoms with Crippen LogP contribution in [-0.2, 0) is 18.4 Å². The first-order chi connectivity index (χ1) is 8.62. The molecule has 2 aromatic heterocycles. The fourth-order valence-electron chi connectivity index (χ4n) is 1.97. The summed E-state index contributed by atoms with van der Waals surface area (Å²) in [5, 5.41) is 24.7. The van der Waals surface area contributed by atoms with Crippen LogP contribution in [0.25, 0.3) is 11.5 Å². The van der Waals surface area contributed by atoms with Crippen molar-refractivity contribution in [2.45, 2.75) is 19.4 Å². The highest BCUT2D eigenvalue weighted by Gasteiger charge is 2.51. The van der Waals surface area contributed by atoms with E-state index in [1.807, 2.05) is 0 Å². The molecule has 1 aliphatic rings. The minimum Gasteiger partial charge on any atom is -0.481 e. The van der Waals surface area contributed by atoms with E-state index in [-0.39, 0.29) is 0 Å². The molecule has 8 heteroatoms. The number of hydrogen-bond donors (Lipinski definition) is 1. The number of nitrogens with zero attached hydrogens (tertiary/aromatic N) is 6. The SMILES string of the molecule is Cn1nccc1-c1nnnn1CC1(C(=O)O)CC1. The van der Waals surface area contributed by atoms with Gasteiger partial charge in [0.1, 0.15) is 5.69 Å². The van der Waals surface area contributed by atoms with Gasteiger partial charge in [0.05, 0.1) is 12.0 Å². The van der Waals surface area contributed by atoms with Crippen LogP contribution in [0.15, 0.2) is 12.3 Å². The zero-order valence-electron chi connectivity index (χ0n) is 9.81. The maximum atomic E-state index is 11.2. The number of rotatable bonds is 4. The molecule has 0 bridgehead atoms. The molecular formula is C10H12N6O2. The van der Waals surface area contributed by atoms with Gasteiger partial charge in [-0.1, -0.05) is 0 Å². The number of carboxylic acid groups (broad SMARTS) is 1. The molecule has 1 N–H and O–H groups in total. The summed E-state index contributed by atoms with van der Waals surface area (Å²) in [4.78, 5) is 11.2. The summed E-state index contributed by atoms with van der Waals surface area (Å²) in [6.45, 7) is 0.301. The van der Waals surface area contributed by atoms with Gasteiger partial charge in [0.2, 0.25) is 0 Å². The molecule has 18 heavy (non-hydrogen) atoms. The van der Waals surface area contributed by atoms with E-state index in [0.29, 0.717) is 25.2 Å². The predicted molar refractivity (Wildman–Crippen MR) is 59.3 cm³/mol. The number of aromatic nitrogens is 6. The molecule has 0 aliphatic heterocycles. The number of carbonyl (C=O) groups is 1. The molecule has 1 aliphatic carbocycles. The zero-order valence-corrected chi connectivity index (χ0v) is 9.81. The lowest BCUT2D eigenvalue weighted by molar-refractivity contribution is -0.144. The van der Waals surface area contributed by atoms with Gasteiger partial charge in [-0.05, 0) is 29.3 Å². The minimum absolute atomic E-state index is 0.301. The minimum atomic E-state index is -0.783. The van der Waals surface area contributed by atoms with Crippen LogP contribution in [0, 0.1) is 5.41 Å². The molecule has 0 aromatic carbocycles. The molecule has 2 aromatic rings. The van der Waals surface area contributed by atoms with Crippen LogP contribution in [0.4, 0.5) is 0 Å². The molecule has 0 radical (unpaired) electrons. The van der Waals surface area contributed by atoms with E-state index in [1.54, 1.807) is 24.0 Å². The van der Waals surface area contributed by atoms with E-state index in [2.05, 4.69) is 20.6 Å². The molecule has 0 amide bonds. The Labute approximate surface area is 102 Å². The van der Waals surface area contributed by atoms with Crippen LogP contribution in [0.1, 0.15) is 12.8 Å². The molecular weight excluding hydrogens is 236 g/mol. The van der Waals surface area contributed by atoms with Gasteiger partial charge in [-0.15, -0.1) is 5.10 Å². The van der Waals surface area contributed by atoms with Crippen molar-refractivity contribution in [3.63, 3.8) is 0 Å². The summed E-state index contributed by atoms with van der Waals surface area (Å²) in [7, 11) is 1.79. The van der Waals surface area contributed by atoms with E-state index < -0.39 is 11.4 Å². The second-order valence-electron chi connectivity index (χ2n) is 4.59. The smallest absolute Gasteiger partial charge is 0.311 e. The summed E-state index contributed by atoms with van der Waals surface area (Å²) in [5.41, 5.74) is 0.0732. The Bertz CT molecular complexity index is 597. The second-order valence-corrected chi connectivity index (χ2v) is 4.59. The topological polar surface area (TPSA) is 98.7 Å². The van der Waals surface area contributed by atoms with Gasteiger partial charge in [0.15, 0.2) is 5.82 Å². The van der Waals surface area contributed by atoms with Crippen molar-refractivity contribution >= 4 is 5.97 Å². The maximum Gasteiger partial charge on any atom is 0.311 e. The Morgan fingerprint density at radius 3 is 2.89 bits per heavy atom. The molecule has 94 valence electrons. The van der Waals surface area contributed by atoms with Crippen molar-refractivity contribution in [3.8, 4) is 11.5 Å². The highest BCUT2D eigenvalue weighted by molar-refractivity contribution is 5.77. The molecule has 1 fully saturated rings. The van der Waals surface area contributed by atoms with Crippen molar-refractivity contribution in [2.75, 3.05) is 0 Å². The third-order valence-electron chi connectivity index (χ3n) is 3.34. The molecule has 0 atom stereocenters. The van der Waals surface area contributed by atoms with Crippen LogP contribution in [0.5, 0.6) is 0 Å². The summed E-state index contributed by atoms with van der Waals surface area (Å²) >= 11 is 0. The van der Waals surface area contributed by atoms with E-state index in [4.69, 9.17) is 0 Å². The van der Waals surface area contributed by atoms with Gasteiger partial charge in [0.25, 0.3) is 0 Å². The molecule has 0 spiro atoms. The van der Waals surface area contributed by atoms with Gasteiger partial charge >= 0.3 is 5.97 Å². The maximum absolute atomic E-state index is 11.2. The second kappa shape index (κ2) is 3.62. The van der Waals surface area contributed by atoms with Crippen molar-refractivity contribution in [1.29, 1.82) is 0 Å². The van der Waals surface area contributed by atoms with Crippen LogP contribution >= 0.6 is 0 Å². The third-order valence-corrected chi connectivity index (χ3v) is 3.34. The monoisotopic (exact) mass is 248 g/mol. The van der Waals surface area contributed by atoms with Crippen molar-refractivity contribution < 1.29 is 9.90 Å². The number of carboxylic acids is 1. The van der Waals surface area contributed by atoms with Crippen LogP contribution in [0.3, 0.4) is 0 Å². The number of hydrogen-bond acceptors (Lipinski definition) is 5. The first kappa shape index (κ1) is 10.9. The fraction of sp³-hybridized carbons (Fsp3) is 0.500. The Hall–Kier alpha value is -2.25. The summed E-state index contributed by atoms with van der Waals surface area (Å²) in [6, 6.07) is 1.79. The average molecular weight is 248 g/mol. The van der Waals surface area contributed by atoms with Gasteiger partial charge in [0, 0.05) is 13.2 Å². The normalized spacial score (nSPS) is 16.7. The number of aryl methyl sites for hydroxylation is 1. The quantitative estimate of drug-likeness (QED) is 0.813. The molecule has 0 unspecified atom stereocenters. The lowest BCUT2D eigenvalue weighted by Crippen LogP contribution is -2.23. The fourth-order valence-corrected chi connectivity index (χ4v) is 1.97. The molecule has 0 saturated heterocycles. The lowest BCUT2D eigenvalue weighted by atomic mass is 10.1. The Kier molecular flexibility index (Phi) is 2.19. The standard InChI is InChI=1S/C10H12N6O2/c1-15-7(2-5-11-15)8-12-13-14-16(8)6-10(3-4-10)9(17)18/h2,5H,3-4,6H2,1H3,(H,17,18). The van der Waals surface area contributed by atoms with Crippen molar-refractivity contribution in [1.82, 2.24) is 30.0 Å². The molecule has 8 nitrogen and oxygen atoms in total. The molecule has 3 rings (SSSR count). The Balaban J connectivity index is 1.94. The average Bonchev–Trinajstić information content (AvgIpc) is 2.77. The highest BCUT2D eigenvalue weighted by Crippen LogP contribution is 2.47. The lowest BCUT2D eigenvalue weighted by Gasteiger charge is -2.10. The highest BCUT2D eigenvalue weighted by atomic mass is 16.4. The summed E-state index contributed by atoms with van der Waals surface area (Å²) < 4.78 is 3.20. The first-order valence-electron chi connectivity index (χ1n) is 5.60. The largest absolute Gasteiger partial charge is 0.481 e. The van der Waals surface area contributed by atoms with Gasteiger partial charge < -0.3 is 5.11 Å². The van der Waals surface area contributed by atoms with Gasteiger partial charge in [-0.25, -0.2) is 4.68 Å². The van der Waals surface area contributed by atoms with E-state index >= 15 is 0 Å². The predicted octanol–water partition coefficient (Wildman–Crippen LogP) is -0.0616. The summed E-state index contributed by atoms with van der Waals surface area (Å²) in [5.74, 6) is -0.239. The molecule has 1 saturated carbocycles. The van der Waals surface area contributed by atoms with E-state index in [9.17, 15) is 9.90 Å². The van der Waals surface area contributed by atoms with Crippen molar-refractivity contribution in [3.05, 3.63) is 12.3 Å². The van der Waals surface area contributed by atoms with Crippen LogP contribution in [0.2, 0.25) is 0 Å². The Morgan fingerprint density at radius 1 is 1.56 bits per heavy atom. The third kappa shape index (κ3) is 1.57. The van der Waals surface area contributed by atoms with Gasteiger partial charge in [-0.2, -0.15) is 5.10 Å². The van der Waals surface area contributed by atoms with Crippen LogP contribution < -0.4 is 0 Å². The Morgan fingerprint density at radius 2 is 2.33 bits per heavy atom. The summed E-state index contributed by atoms with van der Waals surface area (Å²) in [6.07, 6.45) is 3.00. The van der Waals surface area contributed by atoms with Crippen molar-refractivity contribution in [2.24, 2.45) is 12.5 Å². The number of tetrazole rings is 1. The molecule has 2 heterocycles. The first-order valence-corrected chi connectivity index (χ1v) is 5.60. The number of aliphatic carboxylic acids is 1. The zero-order chi connectivity index (χ0) is 12.8. The van der Waals surface area contributed by atoms with Crippen LogP contribution in [-0.4, -0.2) is 41.1 Å². The van der Waals surface area contributed by atoms with E-state index in [1.165, 1.54) is 4.68 Å².